The highest BCUT2D eigenvalue weighted by Gasteiger charge is 2.22. The molecule has 0 heterocycles. The summed E-state index contributed by atoms with van der Waals surface area (Å²) in [5.41, 5.74) is 16.6. The lowest BCUT2D eigenvalue weighted by atomic mass is 9.81. The Morgan fingerprint density at radius 1 is 0.771 bits per heavy atom. The van der Waals surface area contributed by atoms with E-state index in [1.165, 1.54) is 24.3 Å². The lowest BCUT2D eigenvalue weighted by Gasteiger charge is -2.28. The van der Waals surface area contributed by atoms with Gasteiger partial charge in [0, 0.05) is 24.5 Å². The number of nitrogens with one attached hydrogen (secondary N) is 1. The summed E-state index contributed by atoms with van der Waals surface area (Å²) in [6, 6.07) is 19.4. The van der Waals surface area contributed by atoms with Crippen LogP contribution in [-0.4, -0.2) is 25.7 Å². The van der Waals surface area contributed by atoms with Crippen molar-refractivity contribution in [3.63, 3.8) is 0 Å². The van der Waals surface area contributed by atoms with Crippen molar-refractivity contribution in [3.05, 3.63) is 83.9 Å². The Bertz CT molecular complexity index is 949. The summed E-state index contributed by atoms with van der Waals surface area (Å²) in [4.78, 5) is 0. The smallest absolute Gasteiger partial charge is 0.123 e. The number of nitrogens with two attached hydrogens (primary N) is 2. The van der Waals surface area contributed by atoms with Crippen LogP contribution in [-0.2, 0) is 5.41 Å². The van der Waals surface area contributed by atoms with E-state index >= 15 is 0 Å². The van der Waals surface area contributed by atoms with Crippen molar-refractivity contribution < 1.29 is 8.78 Å². The molecule has 3 nitrogen and oxygen atoms in total. The fourth-order valence-electron chi connectivity index (χ4n) is 3.79. The van der Waals surface area contributed by atoms with Crippen LogP contribution in [0.15, 0.2) is 66.7 Å². The number of halogens is 5. The van der Waals surface area contributed by atoms with E-state index in [-0.39, 0.29) is 60.3 Å². The number of hydrogen-bond acceptors (Lipinski definition) is 3. The minimum atomic E-state index is -0.265. The van der Waals surface area contributed by atoms with Gasteiger partial charge in [-0.2, -0.15) is 0 Å². The minimum Gasteiger partial charge on any atom is -0.330 e. The largest absolute Gasteiger partial charge is 0.330 e. The maximum Gasteiger partial charge on any atom is 0.123 e. The topological polar surface area (TPSA) is 64.1 Å². The van der Waals surface area contributed by atoms with Gasteiger partial charge in [-0.25, -0.2) is 8.78 Å². The van der Waals surface area contributed by atoms with Gasteiger partial charge < -0.3 is 16.8 Å². The molecule has 0 saturated heterocycles. The normalized spacial score (nSPS) is 11.6. The standard InChI is InChI=1S/C27H33F2N3.3ClH/c1-27(2,18-32-17-26(31)4-3-13-30)23-15-21(19-5-9-24(28)10-6-19)14-22(16-23)20-7-11-25(29)12-8-20;;;/h5-12,14-16,26,32H,3-4,13,17-18,30-31H2,1-2H3;3*1H/t26-;;;/m0.../s1. The Balaban J connectivity index is 0.00000385. The fourth-order valence-corrected chi connectivity index (χ4v) is 3.79. The van der Waals surface area contributed by atoms with E-state index in [0.717, 1.165) is 53.7 Å². The third kappa shape index (κ3) is 9.68. The molecule has 0 unspecified atom stereocenters. The van der Waals surface area contributed by atoms with Crippen LogP contribution in [0.1, 0.15) is 32.3 Å². The first-order valence-corrected chi connectivity index (χ1v) is 11.1. The highest BCUT2D eigenvalue weighted by molar-refractivity contribution is 5.86. The van der Waals surface area contributed by atoms with E-state index < -0.39 is 0 Å². The van der Waals surface area contributed by atoms with Gasteiger partial charge in [0.1, 0.15) is 11.6 Å². The maximum absolute atomic E-state index is 13.5. The van der Waals surface area contributed by atoms with Crippen LogP contribution in [0.4, 0.5) is 8.78 Å². The van der Waals surface area contributed by atoms with Gasteiger partial charge in [-0.1, -0.05) is 50.2 Å². The molecular weight excluding hydrogens is 511 g/mol. The second-order valence-corrected chi connectivity index (χ2v) is 9.02. The monoisotopic (exact) mass is 545 g/mol. The van der Waals surface area contributed by atoms with Gasteiger partial charge in [-0.15, -0.1) is 37.2 Å². The predicted molar refractivity (Wildman–Crippen MR) is 151 cm³/mol. The molecule has 0 fully saturated rings. The lowest BCUT2D eigenvalue weighted by Crippen LogP contribution is -2.40. The molecule has 0 aliphatic heterocycles. The molecule has 0 bridgehead atoms. The van der Waals surface area contributed by atoms with Crippen molar-refractivity contribution in [1.29, 1.82) is 0 Å². The Morgan fingerprint density at radius 2 is 1.23 bits per heavy atom. The lowest BCUT2D eigenvalue weighted by molar-refractivity contribution is 0.443. The van der Waals surface area contributed by atoms with Gasteiger partial charge in [-0.05, 0) is 77.5 Å². The molecule has 0 aromatic heterocycles. The van der Waals surface area contributed by atoms with Gasteiger partial charge in [0.2, 0.25) is 0 Å². The zero-order valence-electron chi connectivity index (χ0n) is 20.1. The van der Waals surface area contributed by atoms with Crippen LogP contribution in [0.2, 0.25) is 0 Å². The van der Waals surface area contributed by atoms with Crippen molar-refractivity contribution >= 4 is 37.2 Å². The van der Waals surface area contributed by atoms with Gasteiger partial charge in [0.15, 0.2) is 0 Å². The zero-order chi connectivity index (χ0) is 23.1. The Kier molecular flexibility index (Phi) is 14.6. The van der Waals surface area contributed by atoms with Crippen molar-refractivity contribution in [3.8, 4) is 22.3 Å². The van der Waals surface area contributed by atoms with Crippen LogP contribution < -0.4 is 16.8 Å². The van der Waals surface area contributed by atoms with Crippen molar-refractivity contribution in [2.75, 3.05) is 19.6 Å². The average molecular weight is 547 g/mol. The maximum atomic E-state index is 13.5. The van der Waals surface area contributed by atoms with Gasteiger partial charge in [0.25, 0.3) is 0 Å². The van der Waals surface area contributed by atoms with Gasteiger partial charge in [0.05, 0.1) is 0 Å². The van der Waals surface area contributed by atoms with Gasteiger partial charge in [-0.3, -0.25) is 0 Å². The summed E-state index contributed by atoms with van der Waals surface area (Å²) in [5, 5.41) is 3.50. The van der Waals surface area contributed by atoms with Crippen molar-refractivity contribution in [1.82, 2.24) is 5.32 Å². The van der Waals surface area contributed by atoms with Crippen molar-refractivity contribution in [2.45, 2.75) is 38.1 Å². The average Bonchev–Trinajstić information content (AvgIpc) is 2.78. The van der Waals surface area contributed by atoms with E-state index in [0.29, 0.717) is 6.54 Å². The molecule has 35 heavy (non-hydrogen) atoms. The minimum absolute atomic E-state index is 0. The molecule has 3 aromatic rings. The first kappa shape index (κ1) is 33.3. The number of rotatable bonds is 10. The third-order valence-electron chi connectivity index (χ3n) is 5.82. The van der Waals surface area contributed by atoms with Crippen LogP contribution in [0.5, 0.6) is 0 Å². The SMILES string of the molecule is CC(C)(CNC[C@@H](N)CCCN)c1cc(-c2ccc(F)cc2)cc(-c2ccc(F)cc2)c1.Cl.Cl.Cl. The summed E-state index contributed by atoms with van der Waals surface area (Å²) in [6.45, 7) is 6.50. The van der Waals surface area contributed by atoms with E-state index in [2.05, 4.69) is 37.4 Å². The van der Waals surface area contributed by atoms with E-state index in [1.807, 2.05) is 0 Å². The number of hydrogen-bond donors (Lipinski definition) is 3. The second-order valence-electron chi connectivity index (χ2n) is 9.02. The highest BCUT2D eigenvalue weighted by atomic mass is 35.5. The highest BCUT2D eigenvalue weighted by Crippen LogP contribution is 2.33. The molecule has 0 aliphatic carbocycles. The zero-order valence-corrected chi connectivity index (χ0v) is 22.5. The molecule has 3 rings (SSSR count). The molecule has 8 heteroatoms. The summed E-state index contributed by atoms with van der Waals surface area (Å²) >= 11 is 0. The van der Waals surface area contributed by atoms with Crippen LogP contribution in [0.3, 0.4) is 0 Å². The van der Waals surface area contributed by atoms with Crippen LogP contribution >= 0.6 is 37.2 Å². The first-order valence-electron chi connectivity index (χ1n) is 11.1. The molecule has 194 valence electrons. The van der Waals surface area contributed by atoms with Crippen molar-refractivity contribution in [2.24, 2.45) is 11.5 Å². The second kappa shape index (κ2) is 15.4. The summed E-state index contributed by atoms with van der Waals surface area (Å²) in [7, 11) is 0. The Labute approximate surface area is 226 Å². The molecule has 1 atom stereocenters. The molecule has 3 aromatic carbocycles. The Morgan fingerprint density at radius 3 is 1.66 bits per heavy atom. The molecule has 0 spiro atoms. The molecule has 0 radical (unpaired) electrons. The fraction of sp³-hybridized carbons (Fsp3) is 0.333. The summed E-state index contributed by atoms with van der Waals surface area (Å²) < 4.78 is 26.9. The summed E-state index contributed by atoms with van der Waals surface area (Å²) in [6.07, 6.45) is 1.83. The Hall–Kier alpha value is -1.73. The van der Waals surface area contributed by atoms with Crippen LogP contribution in [0, 0.1) is 11.6 Å². The predicted octanol–water partition coefficient (Wildman–Crippen LogP) is 6.50. The van der Waals surface area contributed by atoms with Gasteiger partial charge >= 0.3 is 0 Å². The molecule has 0 amide bonds. The van der Waals surface area contributed by atoms with E-state index in [1.54, 1.807) is 24.3 Å². The molecule has 0 saturated carbocycles. The van der Waals surface area contributed by atoms with E-state index in [4.69, 9.17) is 11.5 Å². The number of benzene rings is 3. The molecular formula is C27H36Cl3F2N3. The first-order chi connectivity index (χ1) is 15.3. The van der Waals surface area contributed by atoms with Crippen LogP contribution in [0.25, 0.3) is 22.3 Å². The molecule has 5 N–H and O–H groups in total. The van der Waals surface area contributed by atoms with E-state index in [9.17, 15) is 8.78 Å². The summed E-state index contributed by atoms with van der Waals surface area (Å²) in [5.74, 6) is -0.529. The molecule has 0 aliphatic rings. The quantitative estimate of drug-likeness (QED) is 0.272. The third-order valence-corrected chi connectivity index (χ3v) is 5.82.